The highest BCUT2D eigenvalue weighted by Gasteiger charge is 2.70. The third-order valence-corrected chi connectivity index (χ3v) is 6.59. The fourth-order valence-corrected chi connectivity index (χ4v) is 4.75. The van der Waals surface area contributed by atoms with Gasteiger partial charge in [0.1, 0.15) is 5.78 Å². The number of esters is 1. The van der Waals surface area contributed by atoms with Crippen LogP contribution in [0.3, 0.4) is 0 Å². The molecule has 3 rings (SSSR count). The van der Waals surface area contributed by atoms with Gasteiger partial charge in [0.05, 0.1) is 0 Å². The van der Waals surface area contributed by atoms with Crippen molar-refractivity contribution in [3.63, 3.8) is 0 Å². The van der Waals surface area contributed by atoms with Gasteiger partial charge in [0.25, 0.3) is 0 Å². The van der Waals surface area contributed by atoms with E-state index in [1.165, 1.54) is 6.08 Å². The Morgan fingerprint density at radius 3 is 2.55 bits per heavy atom. The van der Waals surface area contributed by atoms with Gasteiger partial charge in [-0.15, -0.1) is 0 Å². The molecule has 20 heavy (non-hydrogen) atoms. The molecule has 0 spiro atoms. The molecular weight excluding hydrogens is 256 g/mol. The van der Waals surface area contributed by atoms with E-state index in [-0.39, 0.29) is 23.2 Å². The van der Waals surface area contributed by atoms with E-state index in [2.05, 4.69) is 13.8 Å². The molecule has 5 unspecified atom stereocenters. The van der Waals surface area contributed by atoms with Crippen LogP contribution in [0.15, 0.2) is 11.6 Å². The second-order valence-corrected chi connectivity index (χ2v) is 7.02. The molecule has 5 atom stereocenters. The maximum absolute atomic E-state index is 12.6. The van der Waals surface area contributed by atoms with Gasteiger partial charge in [-0.3, -0.25) is 4.79 Å². The molecule has 4 heteroatoms. The molecule has 3 aliphatic rings. The van der Waals surface area contributed by atoms with Gasteiger partial charge in [-0.2, -0.15) is 0 Å². The first kappa shape index (κ1) is 13.8. The van der Waals surface area contributed by atoms with E-state index in [0.717, 1.165) is 5.57 Å². The van der Waals surface area contributed by atoms with Crippen molar-refractivity contribution in [2.24, 2.45) is 22.7 Å². The molecule has 4 nitrogen and oxygen atoms in total. The first-order valence-electron chi connectivity index (χ1n) is 7.25. The van der Waals surface area contributed by atoms with Gasteiger partial charge in [0.15, 0.2) is 0 Å². The number of carbonyl (C=O) groups excluding carboxylic acids is 2. The fourth-order valence-electron chi connectivity index (χ4n) is 4.75. The largest absolute Gasteiger partial charge is 0.426 e. The van der Waals surface area contributed by atoms with Gasteiger partial charge in [-0.25, -0.2) is 4.79 Å². The molecule has 0 aromatic heterocycles. The number of hydrogen-bond donors (Lipinski definition) is 0. The molecule has 0 saturated heterocycles. The lowest BCUT2D eigenvalue weighted by Gasteiger charge is -2.55. The summed E-state index contributed by atoms with van der Waals surface area (Å²) < 4.78 is 11.1. The van der Waals surface area contributed by atoms with Gasteiger partial charge in [0, 0.05) is 37.0 Å². The van der Waals surface area contributed by atoms with Gasteiger partial charge >= 0.3 is 5.97 Å². The van der Waals surface area contributed by atoms with Gasteiger partial charge in [0.2, 0.25) is 5.79 Å². The van der Waals surface area contributed by atoms with Crippen LogP contribution in [0, 0.1) is 22.7 Å². The summed E-state index contributed by atoms with van der Waals surface area (Å²) in [5.74, 6) is -0.824. The summed E-state index contributed by atoms with van der Waals surface area (Å²) in [4.78, 5) is 24.4. The summed E-state index contributed by atoms with van der Waals surface area (Å²) in [6.45, 7) is 8.33. The normalized spacial score (nSPS) is 50.5. The molecule has 1 aliphatic heterocycles. The van der Waals surface area contributed by atoms with Gasteiger partial charge < -0.3 is 9.47 Å². The van der Waals surface area contributed by atoms with Crippen LogP contribution in [0.25, 0.3) is 0 Å². The quantitative estimate of drug-likeness (QED) is 0.691. The number of methoxy groups -OCH3 is 1. The summed E-state index contributed by atoms with van der Waals surface area (Å²) in [5.41, 5.74) is 0.155. The Hall–Kier alpha value is -1.16. The Morgan fingerprint density at radius 1 is 1.30 bits per heavy atom. The van der Waals surface area contributed by atoms with Crippen LogP contribution < -0.4 is 0 Å². The summed E-state index contributed by atoms with van der Waals surface area (Å²) in [7, 11) is 1.58. The Balaban J connectivity index is 2.19. The second kappa shape index (κ2) is 3.73. The summed E-state index contributed by atoms with van der Waals surface area (Å²) in [5, 5.41) is 0. The standard InChI is InChI=1S/C16H22O4/c1-9-6-12(17)15(4)10(2)11-7-13(18)20-16(11,19-5)8-14(9,15)3/h7,9-10H,6,8H2,1-5H3. The van der Waals surface area contributed by atoms with E-state index in [0.29, 0.717) is 18.6 Å². The Bertz CT molecular complexity index is 537. The van der Waals surface area contributed by atoms with Crippen LogP contribution in [0.1, 0.15) is 40.5 Å². The Labute approximate surface area is 119 Å². The van der Waals surface area contributed by atoms with E-state index in [1.807, 2.05) is 13.8 Å². The average molecular weight is 278 g/mol. The molecule has 2 saturated carbocycles. The van der Waals surface area contributed by atoms with E-state index in [4.69, 9.17) is 9.47 Å². The zero-order valence-electron chi connectivity index (χ0n) is 12.8. The highest BCUT2D eigenvalue weighted by Crippen LogP contribution is 2.68. The fraction of sp³-hybridized carbons (Fsp3) is 0.750. The zero-order valence-corrected chi connectivity index (χ0v) is 12.8. The first-order valence-corrected chi connectivity index (χ1v) is 7.25. The van der Waals surface area contributed by atoms with Crippen molar-refractivity contribution < 1.29 is 19.1 Å². The molecule has 0 amide bonds. The smallest absolute Gasteiger partial charge is 0.333 e. The molecule has 1 heterocycles. The maximum atomic E-state index is 12.6. The van der Waals surface area contributed by atoms with Gasteiger partial charge in [-0.05, 0) is 17.3 Å². The Kier molecular flexibility index (Phi) is 2.57. The molecule has 0 aromatic carbocycles. The lowest BCUT2D eigenvalue weighted by molar-refractivity contribution is -0.230. The zero-order chi connectivity index (χ0) is 14.9. The van der Waals surface area contributed by atoms with E-state index >= 15 is 0 Å². The van der Waals surface area contributed by atoms with Crippen molar-refractivity contribution in [3.8, 4) is 0 Å². The number of ketones is 1. The van der Waals surface area contributed by atoms with Crippen molar-refractivity contribution in [1.82, 2.24) is 0 Å². The number of Topliss-reactive ketones (excluding diaryl/α,β-unsaturated/α-hetero) is 1. The molecular formula is C16H22O4. The summed E-state index contributed by atoms with van der Waals surface area (Å²) in [6, 6.07) is 0. The maximum Gasteiger partial charge on any atom is 0.333 e. The van der Waals surface area contributed by atoms with Crippen molar-refractivity contribution in [3.05, 3.63) is 11.6 Å². The molecule has 0 N–H and O–H groups in total. The third kappa shape index (κ3) is 1.26. The van der Waals surface area contributed by atoms with Crippen molar-refractivity contribution in [1.29, 1.82) is 0 Å². The molecule has 110 valence electrons. The van der Waals surface area contributed by atoms with Gasteiger partial charge in [-0.1, -0.05) is 27.7 Å². The molecule has 0 aromatic rings. The number of carbonyl (C=O) groups is 2. The summed E-state index contributed by atoms with van der Waals surface area (Å²) in [6.07, 6.45) is 2.68. The molecule has 2 fully saturated rings. The van der Waals surface area contributed by atoms with E-state index in [1.54, 1.807) is 7.11 Å². The van der Waals surface area contributed by atoms with Crippen molar-refractivity contribution in [2.75, 3.05) is 7.11 Å². The lowest BCUT2D eigenvalue weighted by Crippen LogP contribution is -2.57. The van der Waals surface area contributed by atoms with Crippen LogP contribution in [-0.4, -0.2) is 24.6 Å². The van der Waals surface area contributed by atoms with Crippen LogP contribution in [0.5, 0.6) is 0 Å². The number of fused-ring (bicyclic) bond motifs is 2. The second-order valence-electron chi connectivity index (χ2n) is 7.02. The van der Waals surface area contributed by atoms with Crippen LogP contribution >= 0.6 is 0 Å². The third-order valence-electron chi connectivity index (χ3n) is 6.59. The van der Waals surface area contributed by atoms with Crippen LogP contribution in [-0.2, 0) is 19.1 Å². The topological polar surface area (TPSA) is 52.6 Å². The number of ether oxygens (including phenoxy) is 2. The Morgan fingerprint density at radius 2 is 1.95 bits per heavy atom. The SMILES string of the molecule is COC12CC3(C)C(C)CC(=O)C3(C)C(C)C1=CC(=O)O2. The highest BCUT2D eigenvalue weighted by atomic mass is 16.7. The predicted octanol–water partition coefficient (Wildman–Crippen LogP) is 2.47. The predicted molar refractivity (Wildman–Crippen MR) is 72.7 cm³/mol. The van der Waals surface area contributed by atoms with Crippen molar-refractivity contribution in [2.45, 2.75) is 46.3 Å². The minimum absolute atomic E-state index is 0.0508. The van der Waals surface area contributed by atoms with E-state index < -0.39 is 11.2 Å². The molecule has 0 bridgehead atoms. The monoisotopic (exact) mass is 278 g/mol. The summed E-state index contributed by atoms with van der Waals surface area (Å²) >= 11 is 0. The van der Waals surface area contributed by atoms with Crippen molar-refractivity contribution >= 4 is 11.8 Å². The lowest BCUT2D eigenvalue weighted by atomic mass is 9.50. The highest BCUT2D eigenvalue weighted by molar-refractivity contribution is 5.92. The van der Waals surface area contributed by atoms with Crippen LogP contribution in [0.2, 0.25) is 0 Å². The van der Waals surface area contributed by atoms with Crippen LogP contribution in [0.4, 0.5) is 0 Å². The number of hydrogen-bond acceptors (Lipinski definition) is 4. The average Bonchev–Trinajstić information content (AvgIpc) is 2.79. The first-order chi connectivity index (χ1) is 9.21. The van der Waals surface area contributed by atoms with E-state index in [9.17, 15) is 9.59 Å². The number of rotatable bonds is 1. The molecule has 0 radical (unpaired) electrons. The minimum Gasteiger partial charge on any atom is -0.426 e. The molecule has 2 aliphatic carbocycles. The minimum atomic E-state index is -0.969.